The van der Waals surface area contributed by atoms with Crippen LogP contribution in [-0.2, 0) is 11.3 Å². The number of carbonyl (C=O) groups excluding carboxylic acids is 2. The van der Waals surface area contributed by atoms with E-state index in [1.54, 1.807) is 30.5 Å². The van der Waals surface area contributed by atoms with E-state index in [1.165, 1.54) is 4.90 Å². The van der Waals surface area contributed by atoms with E-state index >= 15 is 0 Å². The van der Waals surface area contributed by atoms with Crippen LogP contribution in [0.4, 0.5) is 10.5 Å². The Balaban J connectivity index is 1.64. The predicted molar refractivity (Wildman–Crippen MR) is 108 cm³/mol. The Hall–Kier alpha value is -3.12. The van der Waals surface area contributed by atoms with Crippen LogP contribution >= 0.6 is 11.6 Å². The molecule has 0 bridgehead atoms. The number of halogens is 1. The van der Waals surface area contributed by atoms with Crippen molar-refractivity contribution in [3.63, 3.8) is 0 Å². The SMILES string of the molecule is COc1ccc(CN2C(=O)CCN(c3cncc4cc(Cl)ccc34)C2=O)cc1. The van der Waals surface area contributed by atoms with Gasteiger partial charge < -0.3 is 4.74 Å². The zero-order chi connectivity index (χ0) is 19.7. The van der Waals surface area contributed by atoms with E-state index in [4.69, 9.17) is 16.3 Å². The minimum Gasteiger partial charge on any atom is -0.497 e. The number of hydrogen-bond donors (Lipinski definition) is 0. The number of anilines is 1. The fourth-order valence-corrected chi connectivity index (χ4v) is 3.51. The minimum absolute atomic E-state index is 0.187. The van der Waals surface area contributed by atoms with Gasteiger partial charge in [0.05, 0.1) is 25.5 Å². The second-order valence-electron chi connectivity index (χ2n) is 6.54. The largest absolute Gasteiger partial charge is 0.497 e. The number of hydrogen-bond acceptors (Lipinski definition) is 4. The lowest BCUT2D eigenvalue weighted by Crippen LogP contribution is -2.52. The minimum atomic E-state index is -0.351. The average Bonchev–Trinajstić information content (AvgIpc) is 2.71. The Kier molecular flexibility index (Phi) is 4.88. The van der Waals surface area contributed by atoms with Gasteiger partial charge in [0.2, 0.25) is 5.91 Å². The first-order valence-electron chi connectivity index (χ1n) is 8.85. The summed E-state index contributed by atoms with van der Waals surface area (Å²) in [4.78, 5) is 32.7. The predicted octanol–water partition coefficient (Wildman–Crippen LogP) is 4.26. The normalized spacial score (nSPS) is 14.6. The van der Waals surface area contributed by atoms with Gasteiger partial charge in [0.1, 0.15) is 5.75 Å². The highest BCUT2D eigenvalue weighted by molar-refractivity contribution is 6.31. The van der Waals surface area contributed by atoms with Gasteiger partial charge in [0.15, 0.2) is 0 Å². The molecule has 1 aliphatic rings. The summed E-state index contributed by atoms with van der Waals surface area (Å²) in [6, 6.07) is 12.4. The molecule has 3 amide bonds. The van der Waals surface area contributed by atoms with Gasteiger partial charge in [-0.25, -0.2) is 4.79 Å². The van der Waals surface area contributed by atoms with Crippen molar-refractivity contribution in [3.05, 3.63) is 65.4 Å². The molecule has 2 heterocycles. The molecule has 7 heteroatoms. The highest BCUT2D eigenvalue weighted by atomic mass is 35.5. The number of benzene rings is 2. The molecule has 1 aliphatic heterocycles. The monoisotopic (exact) mass is 395 g/mol. The van der Waals surface area contributed by atoms with Crippen molar-refractivity contribution in [2.75, 3.05) is 18.6 Å². The summed E-state index contributed by atoms with van der Waals surface area (Å²) in [5, 5.41) is 2.32. The molecule has 0 radical (unpaired) electrons. The van der Waals surface area contributed by atoms with Crippen molar-refractivity contribution < 1.29 is 14.3 Å². The summed E-state index contributed by atoms with van der Waals surface area (Å²) in [5.41, 5.74) is 1.53. The average molecular weight is 396 g/mol. The van der Waals surface area contributed by atoms with Crippen LogP contribution < -0.4 is 9.64 Å². The summed E-state index contributed by atoms with van der Waals surface area (Å²) in [5.74, 6) is 0.537. The van der Waals surface area contributed by atoms with Gasteiger partial charge in [-0.05, 0) is 29.8 Å². The summed E-state index contributed by atoms with van der Waals surface area (Å²) in [6.07, 6.45) is 3.61. The standard InChI is InChI=1S/C21H18ClN3O3/c1-28-17-5-2-14(3-6-17)13-25-20(26)8-9-24(21(25)27)19-12-23-11-15-10-16(22)4-7-18(15)19/h2-7,10-12H,8-9,13H2,1H3. The number of rotatable bonds is 4. The van der Waals surface area contributed by atoms with Gasteiger partial charge in [-0.2, -0.15) is 0 Å². The lowest BCUT2D eigenvalue weighted by atomic mass is 10.1. The van der Waals surface area contributed by atoms with Crippen LogP contribution in [0.2, 0.25) is 5.02 Å². The molecule has 6 nitrogen and oxygen atoms in total. The number of amides is 3. The molecule has 28 heavy (non-hydrogen) atoms. The third-order valence-electron chi connectivity index (χ3n) is 4.80. The molecule has 1 saturated heterocycles. The quantitative estimate of drug-likeness (QED) is 0.662. The molecule has 0 spiro atoms. The Morgan fingerprint density at radius 1 is 1.11 bits per heavy atom. The van der Waals surface area contributed by atoms with Gasteiger partial charge >= 0.3 is 6.03 Å². The van der Waals surface area contributed by atoms with Crippen LogP contribution in [0, 0.1) is 0 Å². The van der Waals surface area contributed by atoms with Crippen molar-refractivity contribution in [1.82, 2.24) is 9.88 Å². The molecular formula is C21H18ClN3O3. The van der Waals surface area contributed by atoms with Crippen LogP contribution in [0.15, 0.2) is 54.9 Å². The maximum atomic E-state index is 13.1. The fraction of sp³-hybridized carbons (Fsp3) is 0.190. The first-order chi connectivity index (χ1) is 13.6. The molecule has 2 aromatic carbocycles. The van der Waals surface area contributed by atoms with Crippen molar-refractivity contribution in [2.24, 2.45) is 0 Å². The molecule has 0 N–H and O–H groups in total. The van der Waals surface area contributed by atoms with Crippen LogP contribution in [-0.4, -0.2) is 35.5 Å². The first kappa shape index (κ1) is 18.3. The zero-order valence-corrected chi connectivity index (χ0v) is 16.0. The lowest BCUT2D eigenvalue weighted by molar-refractivity contribution is -0.129. The van der Waals surface area contributed by atoms with Crippen molar-refractivity contribution in [2.45, 2.75) is 13.0 Å². The number of carbonyl (C=O) groups is 2. The smallest absolute Gasteiger partial charge is 0.331 e. The number of urea groups is 1. The third-order valence-corrected chi connectivity index (χ3v) is 5.04. The van der Waals surface area contributed by atoms with Gasteiger partial charge in [-0.1, -0.05) is 29.8 Å². The molecule has 0 saturated carbocycles. The van der Waals surface area contributed by atoms with Crippen molar-refractivity contribution in [1.29, 1.82) is 0 Å². The molecular weight excluding hydrogens is 378 g/mol. The second-order valence-corrected chi connectivity index (χ2v) is 6.97. The summed E-state index contributed by atoms with van der Waals surface area (Å²) >= 11 is 6.07. The van der Waals surface area contributed by atoms with Crippen LogP contribution in [0.25, 0.3) is 10.8 Å². The van der Waals surface area contributed by atoms with E-state index in [2.05, 4.69) is 4.98 Å². The summed E-state index contributed by atoms with van der Waals surface area (Å²) in [7, 11) is 1.59. The van der Waals surface area contributed by atoms with E-state index in [0.717, 1.165) is 22.1 Å². The summed E-state index contributed by atoms with van der Waals surface area (Å²) in [6.45, 7) is 0.530. The Bertz CT molecular complexity index is 1050. The maximum absolute atomic E-state index is 13.1. The zero-order valence-electron chi connectivity index (χ0n) is 15.3. The highest BCUT2D eigenvalue weighted by Gasteiger charge is 2.33. The number of pyridine rings is 1. The van der Waals surface area contributed by atoms with Crippen LogP contribution in [0.5, 0.6) is 5.75 Å². The molecule has 0 unspecified atom stereocenters. The molecule has 3 aromatic rings. The topological polar surface area (TPSA) is 62.7 Å². The molecule has 0 aliphatic carbocycles. The van der Waals surface area contributed by atoms with Gasteiger partial charge in [-0.15, -0.1) is 0 Å². The maximum Gasteiger partial charge on any atom is 0.331 e. The highest BCUT2D eigenvalue weighted by Crippen LogP contribution is 2.30. The number of aromatic nitrogens is 1. The Morgan fingerprint density at radius 2 is 1.89 bits per heavy atom. The fourth-order valence-electron chi connectivity index (χ4n) is 3.33. The van der Waals surface area contributed by atoms with E-state index in [-0.39, 0.29) is 24.9 Å². The van der Waals surface area contributed by atoms with E-state index < -0.39 is 0 Å². The van der Waals surface area contributed by atoms with Crippen LogP contribution in [0.3, 0.4) is 0 Å². The second kappa shape index (κ2) is 7.48. The molecule has 0 atom stereocenters. The van der Waals surface area contributed by atoms with E-state index in [1.807, 2.05) is 36.4 Å². The Labute approximate surface area is 167 Å². The molecule has 142 valence electrons. The van der Waals surface area contributed by atoms with Gasteiger partial charge in [0.25, 0.3) is 0 Å². The number of ether oxygens (including phenoxy) is 1. The molecule has 1 aromatic heterocycles. The number of nitrogens with zero attached hydrogens (tertiary/aromatic N) is 3. The van der Waals surface area contributed by atoms with Crippen LogP contribution in [0.1, 0.15) is 12.0 Å². The van der Waals surface area contributed by atoms with E-state index in [9.17, 15) is 9.59 Å². The Morgan fingerprint density at radius 3 is 2.64 bits per heavy atom. The van der Waals surface area contributed by atoms with Crippen molar-refractivity contribution in [3.8, 4) is 5.75 Å². The third kappa shape index (κ3) is 3.39. The van der Waals surface area contributed by atoms with Gasteiger partial charge in [-0.3, -0.25) is 19.6 Å². The lowest BCUT2D eigenvalue weighted by Gasteiger charge is -2.34. The first-order valence-corrected chi connectivity index (χ1v) is 9.22. The van der Waals surface area contributed by atoms with Gasteiger partial charge in [0, 0.05) is 35.0 Å². The number of methoxy groups -OCH3 is 1. The number of imide groups is 1. The molecule has 1 fully saturated rings. The number of fused-ring (bicyclic) bond motifs is 1. The van der Waals surface area contributed by atoms with Crippen molar-refractivity contribution >= 4 is 40.0 Å². The molecule has 4 rings (SSSR count). The van der Waals surface area contributed by atoms with E-state index in [0.29, 0.717) is 17.3 Å². The summed E-state index contributed by atoms with van der Waals surface area (Å²) < 4.78 is 5.15.